The van der Waals surface area contributed by atoms with Crippen LogP contribution in [0.1, 0.15) is 50.8 Å². The van der Waals surface area contributed by atoms with E-state index in [2.05, 4.69) is 31.2 Å². The molecule has 0 amide bonds. The van der Waals surface area contributed by atoms with E-state index in [9.17, 15) is 0 Å². The van der Waals surface area contributed by atoms with Gasteiger partial charge in [-0.3, -0.25) is 4.68 Å². The monoisotopic (exact) mass is 271 g/mol. The summed E-state index contributed by atoms with van der Waals surface area (Å²) in [6.07, 6.45) is 6.50. The number of aromatic nitrogens is 2. The highest BCUT2D eigenvalue weighted by atomic mass is 15.3. The van der Waals surface area contributed by atoms with Crippen molar-refractivity contribution in [2.45, 2.75) is 45.1 Å². The van der Waals surface area contributed by atoms with Gasteiger partial charge in [0, 0.05) is 12.4 Å². The van der Waals surface area contributed by atoms with E-state index >= 15 is 0 Å². The van der Waals surface area contributed by atoms with E-state index in [1.54, 1.807) is 0 Å². The minimum absolute atomic E-state index is 0.0791. The highest BCUT2D eigenvalue weighted by molar-refractivity contribution is 5.82. The Morgan fingerprint density at radius 2 is 2.15 bits per heavy atom. The highest BCUT2D eigenvalue weighted by Crippen LogP contribution is 2.38. The van der Waals surface area contributed by atoms with Crippen molar-refractivity contribution in [2.75, 3.05) is 0 Å². The van der Waals surface area contributed by atoms with Gasteiger partial charge in [-0.1, -0.05) is 44.4 Å². The molecule has 1 aromatic carbocycles. The van der Waals surface area contributed by atoms with Gasteiger partial charge in [0.25, 0.3) is 0 Å². The summed E-state index contributed by atoms with van der Waals surface area (Å²) in [5.74, 6) is 1.45. The van der Waals surface area contributed by atoms with Crippen LogP contribution in [0, 0.1) is 11.8 Å². The van der Waals surface area contributed by atoms with Gasteiger partial charge in [-0.25, -0.2) is 0 Å². The molecule has 1 aliphatic carbocycles. The van der Waals surface area contributed by atoms with Crippen LogP contribution in [-0.2, 0) is 7.05 Å². The van der Waals surface area contributed by atoms with Gasteiger partial charge in [0.05, 0.1) is 17.3 Å². The van der Waals surface area contributed by atoms with Gasteiger partial charge in [0.1, 0.15) is 0 Å². The molecule has 1 saturated carbocycles. The smallest absolute Gasteiger partial charge is 0.0873 e. The van der Waals surface area contributed by atoms with Crippen LogP contribution in [0.5, 0.6) is 0 Å². The zero-order chi connectivity index (χ0) is 14.1. The van der Waals surface area contributed by atoms with Crippen LogP contribution in [0.3, 0.4) is 0 Å². The van der Waals surface area contributed by atoms with Gasteiger partial charge in [-0.15, -0.1) is 0 Å². The number of nitrogens with two attached hydrogens (primary N) is 1. The standard InChI is InChI=1S/C17H25N3/c1-3-12-7-6-8-13(11-12)16(18)17-14-9-4-5-10-15(14)20(2)19-17/h4-5,9-10,12-13,16H,3,6-8,11,18H2,1-2H3. The molecule has 1 heterocycles. The Labute approximate surface area is 121 Å². The van der Waals surface area contributed by atoms with Crippen molar-refractivity contribution < 1.29 is 0 Å². The molecule has 3 unspecified atom stereocenters. The number of aryl methyl sites for hydroxylation is 1. The van der Waals surface area contributed by atoms with Crippen LogP contribution in [0.15, 0.2) is 24.3 Å². The highest BCUT2D eigenvalue weighted by Gasteiger charge is 2.29. The molecular weight excluding hydrogens is 246 g/mol. The molecule has 3 atom stereocenters. The molecule has 2 aromatic rings. The lowest BCUT2D eigenvalue weighted by molar-refractivity contribution is 0.228. The summed E-state index contributed by atoms with van der Waals surface area (Å²) in [6, 6.07) is 8.49. The molecule has 3 rings (SSSR count). The third kappa shape index (κ3) is 2.35. The molecular formula is C17H25N3. The summed E-state index contributed by atoms with van der Waals surface area (Å²) in [6.45, 7) is 2.30. The first-order chi connectivity index (χ1) is 9.70. The first kappa shape index (κ1) is 13.6. The summed E-state index contributed by atoms with van der Waals surface area (Å²) in [5.41, 5.74) is 8.86. The van der Waals surface area contributed by atoms with E-state index in [0.29, 0.717) is 5.92 Å². The fourth-order valence-electron chi connectivity index (χ4n) is 3.74. The number of nitrogens with zero attached hydrogens (tertiary/aromatic N) is 2. The molecule has 2 N–H and O–H groups in total. The molecule has 1 aliphatic rings. The Morgan fingerprint density at radius 1 is 1.35 bits per heavy atom. The van der Waals surface area contributed by atoms with Crippen LogP contribution in [-0.4, -0.2) is 9.78 Å². The lowest BCUT2D eigenvalue weighted by Gasteiger charge is -2.31. The molecule has 0 saturated heterocycles. The van der Waals surface area contributed by atoms with E-state index in [1.807, 2.05) is 11.7 Å². The average Bonchev–Trinajstić information content (AvgIpc) is 2.84. The fraction of sp³-hybridized carbons (Fsp3) is 0.588. The summed E-state index contributed by atoms with van der Waals surface area (Å²) in [4.78, 5) is 0. The fourth-order valence-corrected chi connectivity index (χ4v) is 3.74. The Balaban J connectivity index is 1.90. The normalized spacial score (nSPS) is 24.9. The minimum atomic E-state index is 0.0791. The van der Waals surface area contributed by atoms with Crippen molar-refractivity contribution in [2.24, 2.45) is 24.6 Å². The molecule has 20 heavy (non-hydrogen) atoms. The largest absolute Gasteiger partial charge is 0.322 e. The second-order valence-electron chi connectivity index (χ2n) is 6.25. The van der Waals surface area contributed by atoms with Gasteiger partial charge < -0.3 is 5.73 Å². The summed E-state index contributed by atoms with van der Waals surface area (Å²) >= 11 is 0. The second-order valence-corrected chi connectivity index (χ2v) is 6.25. The van der Waals surface area contributed by atoms with Crippen LogP contribution >= 0.6 is 0 Å². The molecule has 1 fully saturated rings. The molecule has 0 aliphatic heterocycles. The molecule has 108 valence electrons. The summed E-state index contributed by atoms with van der Waals surface area (Å²) in [7, 11) is 2.01. The van der Waals surface area contributed by atoms with E-state index in [1.165, 1.54) is 43.0 Å². The van der Waals surface area contributed by atoms with Gasteiger partial charge in [0.2, 0.25) is 0 Å². The van der Waals surface area contributed by atoms with Crippen molar-refractivity contribution in [3.8, 4) is 0 Å². The number of fused-ring (bicyclic) bond motifs is 1. The zero-order valence-electron chi connectivity index (χ0n) is 12.5. The van der Waals surface area contributed by atoms with Gasteiger partial charge >= 0.3 is 0 Å². The lowest BCUT2D eigenvalue weighted by atomic mass is 9.76. The lowest BCUT2D eigenvalue weighted by Crippen LogP contribution is -2.27. The predicted octanol–water partition coefficient (Wildman–Crippen LogP) is 3.79. The van der Waals surface area contributed by atoms with Crippen molar-refractivity contribution in [1.29, 1.82) is 0 Å². The van der Waals surface area contributed by atoms with Crippen LogP contribution < -0.4 is 5.73 Å². The Morgan fingerprint density at radius 3 is 2.95 bits per heavy atom. The molecule has 1 aromatic heterocycles. The number of hydrogen-bond acceptors (Lipinski definition) is 2. The number of hydrogen-bond donors (Lipinski definition) is 1. The van der Waals surface area contributed by atoms with E-state index in [4.69, 9.17) is 10.8 Å². The number of rotatable bonds is 3. The quantitative estimate of drug-likeness (QED) is 0.923. The molecule has 0 spiro atoms. The van der Waals surface area contributed by atoms with Gasteiger partial charge in [0.15, 0.2) is 0 Å². The van der Waals surface area contributed by atoms with Crippen molar-refractivity contribution in [3.05, 3.63) is 30.0 Å². The van der Waals surface area contributed by atoms with Gasteiger partial charge in [-0.2, -0.15) is 5.10 Å². The van der Waals surface area contributed by atoms with Crippen molar-refractivity contribution in [3.63, 3.8) is 0 Å². The zero-order valence-corrected chi connectivity index (χ0v) is 12.5. The van der Waals surface area contributed by atoms with Crippen LogP contribution in [0.4, 0.5) is 0 Å². The third-order valence-corrected chi connectivity index (χ3v) is 5.01. The first-order valence-corrected chi connectivity index (χ1v) is 7.88. The molecule has 0 bridgehead atoms. The molecule has 3 heteroatoms. The SMILES string of the molecule is CCC1CCCC(C(N)c2nn(C)c3ccccc23)C1. The number of para-hydroxylation sites is 1. The first-order valence-electron chi connectivity index (χ1n) is 7.88. The maximum Gasteiger partial charge on any atom is 0.0873 e. The summed E-state index contributed by atoms with van der Waals surface area (Å²) in [5, 5.41) is 5.93. The maximum atomic E-state index is 6.59. The predicted molar refractivity (Wildman–Crippen MR) is 83.4 cm³/mol. The minimum Gasteiger partial charge on any atom is -0.322 e. The van der Waals surface area contributed by atoms with Crippen molar-refractivity contribution in [1.82, 2.24) is 9.78 Å². The van der Waals surface area contributed by atoms with E-state index in [-0.39, 0.29) is 6.04 Å². The Hall–Kier alpha value is -1.35. The Bertz CT molecular complexity index is 587. The van der Waals surface area contributed by atoms with Crippen LogP contribution in [0.2, 0.25) is 0 Å². The van der Waals surface area contributed by atoms with Crippen molar-refractivity contribution >= 4 is 10.9 Å². The van der Waals surface area contributed by atoms with E-state index in [0.717, 1.165) is 11.6 Å². The van der Waals surface area contributed by atoms with E-state index < -0.39 is 0 Å². The molecule has 3 nitrogen and oxygen atoms in total. The summed E-state index contributed by atoms with van der Waals surface area (Å²) < 4.78 is 1.96. The number of benzene rings is 1. The topological polar surface area (TPSA) is 43.8 Å². The second kappa shape index (κ2) is 5.57. The molecule has 0 radical (unpaired) electrons. The van der Waals surface area contributed by atoms with Gasteiger partial charge in [-0.05, 0) is 30.7 Å². The Kier molecular flexibility index (Phi) is 3.79. The van der Waals surface area contributed by atoms with Crippen LogP contribution in [0.25, 0.3) is 10.9 Å². The average molecular weight is 271 g/mol. The third-order valence-electron chi connectivity index (χ3n) is 5.01. The maximum absolute atomic E-state index is 6.59.